The van der Waals surface area contributed by atoms with E-state index in [1.165, 1.54) is 0 Å². The number of hydrogen-bond donors (Lipinski definition) is 2. The van der Waals surface area contributed by atoms with E-state index < -0.39 is 0 Å². The molecule has 3 heterocycles. The van der Waals surface area contributed by atoms with Crippen LogP contribution in [0.5, 0.6) is 11.5 Å². The molecule has 0 saturated carbocycles. The molecule has 0 atom stereocenters. The normalized spacial score (nSPS) is 10.4. The van der Waals surface area contributed by atoms with Crippen molar-refractivity contribution in [2.24, 2.45) is 0 Å². The van der Waals surface area contributed by atoms with Gasteiger partial charge in [-0.25, -0.2) is 9.36 Å². The summed E-state index contributed by atoms with van der Waals surface area (Å²) in [6.07, 6.45) is 5.41. The lowest BCUT2D eigenvalue weighted by Crippen LogP contribution is -1.98. The van der Waals surface area contributed by atoms with E-state index in [4.69, 9.17) is 9.47 Å². The zero-order chi connectivity index (χ0) is 28.4. The minimum absolute atomic E-state index is 0. The van der Waals surface area contributed by atoms with Crippen LogP contribution in [0.3, 0.4) is 0 Å². The van der Waals surface area contributed by atoms with Crippen LogP contribution < -0.4 is 0 Å². The Labute approximate surface area is 243 Å². The highest BCUT2D eigenvalue weighted by Crippen LogP contribution is 2.20. The number of benzene rings is 3. The predicted octanol–water partition coefficient (Wildman–Crippen LogP) is 5.43. The van der Waals surface area contributed by atoms with Gasteiger partial charge in [-0.2, -0.15) is 0 Å². The maximum absolute atomic E-state index is 9.32. The molecule has 0 bridgehead atoms. The molecule has 0 amide bonds. The van der Waals surface area contributed by atoms with Crippen LogP contribution >= 0.6 is 0 Å². The second-order valence-corrected chi connectivity index (χ2v) is 8.79. The Kier molecular flexibility index (Phi) is 10.1. The average Bonchev–Trinajstić information content (AvgIpc) is 3.71. The smallest absolute Gasteiger partial charge is 0.146 e. The van der Waals surface area contributed by atoms with E-state index in [0.29, 0.717) is 6.61 Å². The van der Waals surface area contributed by atoms with Gasteiger partial charge in [0.2, 0.25) is 0 Å². The number of nitrogens with zero attached hydrogens (tertiary/aromatic N) is 7. The van der Waals surface area contributed by atoms with Crippen molar-refractivity contribution in [2.75, 3.05) is 13.9 Å². The first-order valence-electron chi connectivity index (χ1n) is 12.6. The molecule has 2 N–H and O–H groups in total. The molecule has 11 nitrogen and oxygen atoms in total. The third-order valence-electron chi connectivity index (χ3n) is 5.86. The first-order valence-corrected chi connectivity index (χ1v) is 12.6. The summed E-state index contributed by atoms with van der Waals surface area (Å²) >= 11 is 0. The Morgan fingerprint density at radius 2 is 1.21 bits per heavy atom. The van der Waals surface area contributed by atoms with Crippen molar-refractivity contribution < 1.29 is 19.7 Å². The van der Waals surface area contributed by atoms with Crippen LogP contribution in [-0.2, 0) is 16.1 Å². The molecule has 0 aliphatic heterocycles. The predicted molar refractivity (Wildman–Crippen MR) is 158 cm³/mol. The SMILES string of the molecule is C.COCOCc1ccc(-c2cn(-c3ccc(O)cc3)nn2)cn1.Oc1ccc(-n2cc(-c3ccccc3)nn2)cc1. The highest BCUT2D eigenvalue weighted by atomic mass is 16.7. The van der Waals surface area contributed by atoms with E-state index in [2.05, 4.69) is 25.6 Å². The van der Waals surface area contributed by atoms with Gasteiger partial charge in [0, 0.05) is 24.4 Å². The van der Waals surface area contributed by atoms with Gasteiger partial charge in [-0.05, 0) is 60.7 Å². The van der Waals surface area contributed by atoms with E-state index in [9.17, 15) is 10.2 Å². The summed E-state index contributed by atoms with van der Waals surface area (Å²) in [4.78, 5) is 4.33. The minimum Gasteiger partial charge on any atom is -0.508 e. The molecule has 0 unspecified atom stereocenters. The molecule has 6 aromatic rings. The molecular weight excluding hydrogens is 534 g/mol. The lowest BCUT2D eigenvalue weighted by Gasteiger charge is -2.02. The van der Waals surface area contributed by atoms with Gasteiger partial charge in [-0.3, -0.25) is 4.98 Å². The van der Waals surface area contributed by atoms with Gasteiger partial charge < -0.3 is 19.7 Å². The monoisotopic (exact) mass is 565 g/mol. The van der Waals surface area contributed by atoms with Gasteiger partial charge >= 0.3 is 0 Å². The quantitative estimate of drug-likeness (QED) is 0.183. The Bertz CT molecular complexity index is 1650. The third-order valence-corrected chi connectivity index (χ3v) is 5.86. The van der Waals surface area contributed by atoms with Crippen molar-refractivity contribution in [1.82, 2.24) is 35.0 Å². The molecule has 0 aliphatic rings. The molecule has 6 rings (SSSR count). The average molecular weight is 566 g/mol. The Morgan fingerprint density at radius 3 is 1.71 bits per heavy atom. The Balaban J connectivity index is 0.000000193. The van der Waals surface area contributed by atoms with Crippen molar-refractivity contribution in [3.8, 4) is 45.4 Å². The number of ether oxygens (including phenoxy) is 2. The Morgan fingerprint density at radius 1 is 0.667 bits per heavy atom. The van der Waals surface area contributed by atoms with Gasteiger partial charge in [0.1, 0.15) is 29.7 Å². The number of pyridine rings is 1. The van der Waals surface area contributed by atoms with E-state index >= 15 is 0 Å². The van der Waals surface area contributed by atoms with Crippen LogP contribution in [-0.4, -0.2) is 59.1 Å². The lowest BCUT2D eigenvalue weighted by molar-refractivity contribution is -0.0400. The fraction of sp³-hybridized carbons (Fsp3) is 0.129. The zero-order valence-electron chi connectivity index (χ0n) is 22.1. The number of methoxy groups -OCH3 is 1. The summed E-state index contributed by atoms with van der Waals surface area (Å²) in [5.41, 5.74) is 5.94. The second-order valence-electron chi connectivity index (χ2n) is 8.79. The van der Waals surface area contributed by atoms with E-state index in [1.54, 1.807) is 71.2 Å². The highest BCUT2D eigenvalue weighted by molar-refractivity contribution is 5.58. The number of aromatic hydroxyl groups is 2. The van der Waals surface area contributed by atoms with Crippen LogP contribution in [0.1, 0.15) is 13.1 Å². The number of aromatic nitrogens is 7. The molecule has 0 radical (unpaired) electrons. The molecule has 42 heavy (non-hydrogen) atoms. The number of hydrogen-bond acceptors (Lipinski definition) is 9. The molecule has 0 spiro atoms. The minimum atomic E-state index is 0. The van der Waals surface area contributed by atoms with Crippen molar-refractivity contribution in [1.29, 1.82) is 0 Å². The summed E-state index contributed by atoms with van der Waals surface area (Å²) < 4.78 is 13.4. The maximum atomic E-state index is 9.32. The van der Waals surface area contributed by atoms with Gasteiger partial charge in [0.05, 0.1) is 36.1 Å². The van der Waals surface area contributed by atoms with Crippen LogP contribution in [0.15, 0.2) is 110 Å². The molecular formula is C31H31N7O4. The number of rotatable bonds is 8. The summed E-state index contributed by atoms with van der Waals surface area (Å²) in [6.45, 7) is 0.638. The summed E-state index contributed by atoms with van der Waals surface area (Å²) in [7, 11) is 1.58. The molecule has 0 fully saturated rings. The van der Waals surface area contributed by atoms with E-state index in [0.717, 1.165) is 39.6 Å². The van der Waals surface area contributed by atoms with Crippen molar-refractivity contribution in [3.63, 3.8) is 0 Å². The second kappa shape index (κ2) is 14.3. The number of phenols is 2. The lowest BCUT2D eigenvalue weighted by atomic mass is 10.2. The zero-order valence-corrected chi connectivity index (χ0v) is 22.1. The first kappa shape index (κ1) is 29.6. The van der Waals surface area contributed by atoms with Crippen molar-refractivity contribution in [3.05, 3.63) is 115 Å². The van der Waals surface area contributed by atoms with Gasteiger partial charge in [-0.1, -0.05) is 48.2 Å². The standard InChI is InChI=1S/C16H16N4O3.C14H11N3O.CH4/c1-22-11-23-10-13-3-2-12(8-17-13)16-9-20(19-18-16)14-4-6-15(21)7-5-14;18-13-8-6-12(7-9-13)17-10-14(15-16-17)11-4-2-1-3-5-11;/h2-9,21H,10-11H2,1H3;1-10,18H;1H4. The largest absolute Gasteiger partial charge is 0.508 e. The van der Waals surface area contributed by atoms with E-state index in [-0.39, 0.29) is 25.7 Å². The van der Waals surface area contributed by atoms with Crippen LogP contribution in [0.25, 0.3) is 33.9 Å². The van der Waals surface area contributed by atoms with Crippen LogP contribution in [0, 0.1) is 0 Å². The maximum Gasteiger partial charge on any atom is 0.146 e. The fourth-order valence-corrected chi connectivity index (χ4v) is 3.76. The molecule has 3 aromatic carbocycles. The molecule has 214 valence electrons. The van der Waals surface area contributed by atoms with Gasteiger partial charge in [0.15, 0.2) is 0 Å². The van der Waals surface area contributed by atoms with Gasteiger partial charge in [0.25, 0.3) is 0 Å². The van der Waals surface area contributed by atoms with Gasteiger partial charge in [-0.15, -0.1) is 10.2 Å². The molecule has 0 aliphatic carbocycles. The molecule has 11 heteroatoms. The van der Waals surface area contributed by atoms with Crippen molar-refractivity contribution in [2.45, 2.75) is 14.0 Å². The number of phenolic OH excluding ortho intramolecular Hbond substituents is 2. The third kappa shape index (κ3) is 7.62. The summed E-state index contributed by atoms with van der Waals surface area (Å²) in [5, 5.41) is 35.0. The van der Waals surface area contributed by atoms with Crippen LogP contribution in [0.2, 0.25) is 0 Å². The first-order chi connectivity index (χ1) is 20.1. The van der Waals surface area contributed by atoms with Crippen molar-refractivity contribution >= 4 is 0 Å². The Hall–Kier alpha value is -5.39. The molecule has 0 saturated heterocycles. The summed E-state index contributed by atoms with van der Waals surface area (Å²) in [6, 6.07) is 27.3. The fourth-order valence-electron chi connectivity index (χ4n) is 3.76. The molecule has 3 aromatic heterocycles. The van der Waals surface area contributed by atoms with E-state index in [1.807, 2.05) is 54.9 Å². The highest BCUT2D eigenvalue weighted by Gasteiger charge is 2.07. The summed E-state index contributed by atoms with van der Waals surface area (Å²) in [5.74, 6) is 0.451. The topological polar surface area (TPSA) is 133 Å². The van der Waals surface area contributed by atoms with Crippen LogP contribution in [0.4, 0.5) is 0 Å².